The van der Waals surface area contributed by atoms with Gasteiger partial charge < -0.3 is 10.6 Å². The number of nitrogens with one attached hydrogen (secondary N) is 3. The predicted molar refractivity (Wildman–Crippen MR) is 80.4 cm³/mol. The molecule has 1 aromatic rings. The van der Waals surface area contributed by atoms with Gasteiger partial charge in [0.2, 0.25) is 5.91 Å². The molecule has 2 aliphatic rings. The first-order chi connectivity index (χ1) is 10.6. The number of benzene rings is 1. The van der Waals surface area contributed by atoms with Crippen molar-refractivity contribution in [1.29, 1.82) is 0 Å². The summed E-state index contributed by atoms with van der Waals surface area (Å²) >= 11 is 0. The fourth-order valence-corrected chi connectivity index (χ4v) is 2.11. The Morgan fingerprint density at radius 1 is 1.14 bits per heavy atom. The molecule has 7 nitrogen and oxygen atoms in total. The zero-order chi connectivity index (χ0) is 15.5. The van der Waals surface area contributed by atoms with E-state index < -0.39 is 5.91 Å². The molecule has 1 aliphatic heterocycles. The lowest BCUT2D eigenvalue weighted by atomic mass is 10.1. The third kappa shape index (κ3) is 3.30. The van der Waals surface area contributed by atoms with E-state index in [-0.39, 0.29) is 36.4 Å². The van der Waals surface area contributed by atoms with Crippen LogP contribution < -0.4 is 16.1 Å². The first kappa shape index (κ1) is 14.2. The van der Waals surface area contributed by atoms with E-state index in [1.165, 1.54) is 0 Å². The number of amides is 3. The number of anilines is 1. The van der Waals surface area contributed by atoms with Crippen molar-refractivity contribution < 1.29 is 14.4 Å². The molecule has 0 spiro atoms. The largest absolute Gasteiger partial charge is 0.349 e. The normalized spacial score (nSPS) is 17.3. The highest BCUT2D eigenvalue weighted by Gasteiger charge is 2.25. The van der Waals surface area contributed by atoms with E-state index in [0.29, 0.717) is 11.3 Å². The van der Waals surface area contributed by atoms with Crippen molar-refractivity contribution in [3.63, 3.8) is 0 Å². The van der Waals surface area contributed by atoms with Gasteiger partial charge in [-0.3, -0.25) is 14.4 Å². The van der Waals surface area contributed by atoms with E-state index in [2.05, 4.69) is 21.2 Å². The minimum atomic E-state index is -0.410. The molecule has 0 aromatic heterocycles. The van der Waals surface area contributed by atoms with Gasteiger partial charge in [0.25, 0.3) is 11.8 Å². The quantitative estimate of drug-likeness (QED) is 0.766. The summed E-state index contributed by atoms with van der Waals surface area (Å²) < 4.78 is 0. The molecule has 0 atom stereocenters. The predicted octanol–water partition coefficient (Wildman–Crippen LogP) is 0.783. The number of carbonyl (C=O) groups excluding carboxylic acids is 3. The van der Waals surface area contributed by atoms with Crippen molar-refractivity contribution in [3.8, 4) is 0 Å². The molecule has 3 amide bonds. The number of hydrogen-bond acceptors (Lipinski definition) is 4. The Morgan fingerprint density at radius 2 is 1.91 bits per heavy atom. The van der Waals surface area contributed by atoms with E-state index in [0.717, 1.165) is 12.8 Å². The lowest BCUT2D eigenvalue weighted by Crippen LogP contribution is -2.33. The highest BCUT2D eigenvalue weighted by Crippen LogP contribution is 2.21. The van der Waals surface area contributed by atoms with Gasteiger partial charge in [0, 0.05) is 18.9 Å². The molecule has 114 valence electrons. The summed E-state index contributed by atoms with van der Waals surface area (Å²) in [6.45, 7) is 0. The van der Waals surface area contributed by atoms with Gasteiger partial charge >= 0.3 is 0 Å². The second-order valence-corrected chi connectivity index (χ2v) is 5.34. The highest BCUT2D eigenvalue weighted by atomic mass is 16.2. The standard InChI is InChI=1S/C15H16N4O3/c20-13-8-7-12(18-19-13)15(22)17-11-4-2-1-3-10(11)14(21)16-9-5-6-9/h1-4,9H,5-8H2,(H,16,21)(H,17,22)(H,19,20). The van der Waals surface area contributed by atoms with E-state index in [9.17, 15) is 14.4 Å². The number of nitrogens with zero attached hydrogens (tertiary/aromatic N) is 1. The summed E-state index contributed by atoms with van der Waals surface area (Å²) in [4.78, 5) is 35.4. The topological polar surface area (TPSA) is 99.7 Å². The Hall–Kier alpha value is -2.70. The first-order valence-electron chi connectivity index (χ1n) is 7.20. The van der Waals surface area contributed by atoms with Gasteiger partial charge in [-0.15, -0.1) is 0 Å². The lowest BCUT2D eigenvalue weighted by molar-refractivity contribution is -0.121. The molecule has 0 saturated heterocycles. The van der Waals surface area contributed by atoms with Crippen LogP contribution in [0, 0.1) is 0 Å². The minimum absolute atomic E-state index is 0.197. The van der Waals surface area contributed by atoms with Gasteiger partial charge in [-0.2, -0.15) is 5.10 Å². The Labute approximate surface area is 127 Å². The van der Waals surface area contributed by atoms with Crippen LogP contribution in [0.25, 0.3) is 0 Å². The SMILES string of the molecule is O=C1CCC(C(=O)Nc2ccccc2C(=O)NC2CC2)=NN1. The van der Waals surface area contributed by atoms with E-state index in [1.807, 2.05) is 0 Å². The smallest absolute Gasteiger partial charge is 0.271 e. The number of hydrogen-bond donors (Lipinski definition) is 3. The van der Waals surface area contributed by atoms with Gasteiger partial charge in [-0.1, -0.05) is 12.1 Å². The van der Waals surface area contributed by atoms with Crippen molar-refractivity contribution in [2.24, 2.45) is 5.10 Å². The van der Waals surface area contributed by atoms with Crippen LogP contribution in [0.5, 0.6) is 0 Å². The van der Waals surface area contributed by atoms with Crippen molar-refractivity contribution in [2.75, 3.05) is 5.32 Å². The monoisotopic (exact) mass is 300 g/mol. The van der Waals surface area contributed by atoms with E-state index in [4.69, 9.17) is 0 Å². The van der Waals surface area contributed by atoms with Crippen molar-refractivity contribution in [1.82, 2.24) is 10.7 Å². The van der Waals surface area contributed by atoms with Crippen LogP contribution >= 0.6 is 0 Å². The third-order valence-electron chi connectivity index (χ3n) is 3.50. The molecule has 7 heteroatoms. The molecule has 1 aliphatic carbocycles. The minimum Gasteiger partial charge on any atom is -0.349 e. The summed E-state index contributed by atoms with van der Waals surface area (Å²) in [6.07, 6.45) is 2.51. The van der Waals surface area contributed by atoms with Crippen molar-refractivity contribution >= 4 is 29.1 Å². The van der Waals surface area contributed by atoms with Crippen LogP contribution in [0.3, 0.4) is 0 Å². The molecular weight excluding hydrogens is 284 g/mol. The molecule has 3 rings (SSSR count). The van der Waals surface area contributed by atoms with E-state index >= 15 is 0 Å². The van der Waals surface area contributed by atoms with Crippen LogP contribution in [0.1, 0.15) is 36.0 Å². The van der Waals surface area contributed by atoms with Gasteiger partial charge in [0.15, 0.2) is 0 Å². The molecule has 0 unspecified atom stereocenters. The Morgan fingerprint density at radius 3 is 2.59 bits per heavy atom. The van der Waals surface area contributed by atoms with Crippen molar-refractivity contribution in [2.45, 2.75) is 31.7 Å². The second-order valence-electron chi connectivity index (χ2n) is 5.34. The molecule has 1 fully saturated rings. The zero-order valence-corrected chi connectivity index (χ0v) is 11.9. The van der Waals surface area contributed by atoms with Crippen LogP contribution in [0.15, 0.2) is 29.4 Å². The van der Waals surface area contributed by atoms with E-state index in [1.54, 1.807) is 24.3 Å². The maximum Gasteiger partial charge on any atom is 0.271 e. The number of para-hydroxylation sites is 1. The number of rotatable bonds is 4. The second kappa shape index (κ2) is 5.97. The van der Waals surface area contributed by atoms with Crippen molar-refractivity contribution in [3.05, 3.63) is 29.8 Å². The molecular formula is C15H16N4O3. The fourth-order valence-electron chi connectivity index (χ4n) is 2.11. The molecule has 3 N–H and O–H groups in total. The zero-order valence-electron chi connectivity index (χ0n) is 11.9. The first-order valence-corrected chi connectivity index (χ1v) is 7.20. The lowest BCUT2D eigenvalue weighted by Gasteiger charge is -2.14. The molecule has 0 radical (unpaired) electrons. The van der Waals surface area contributed by atoms with Crippen LogP contribution in [0.4, 0.5) is 5.69 Å². The molecule has 1 aromatic carbocycles. The third-order valence-corrected chi connectivity index (χ3v) is 3.50. The Bertz CT molecular complexity index is 665. The number of carbonyl (C=O) groups is 3. The Kier molecular flexibility index (Phi) is 3.86. The van der Waals surface area contributed by atoms with Crippen LogP contribution in [-0.4, -0.2) is 29.5 Å². The summed E-state index contributed by atoms with van der Waals surface area (Å²) in [5.74, 6) is -0.815. The molecule has 0 bridgehead atoms. The molecule has 1 saturated carbocycles. The fraction of sp³-hybridized carbons (Fsp3) is 0.333. The van der Waals surface area contributed by atoms with Gasteiger partial charge in [-0.05, 0) is 25.0 Å². The summed E-state index contributed by atoms with van der Waals surface area (Å²) in [6, 6.07) is 7.07. The summed E-state index contributed by atoms with van der Waals surface area (Å²) in [7, 11) is 0. The van der Waals surface area contributed by atoms with Gasteiger partial charge in [-0.25, -0.2) is 5.43 Å². The summed E-state index contributed by atoms with van der Waals surface area (Å²) in [5.41, 5.74) is 3.38. The highest BCUT2D eigenvalue weighted by molar-refractivity contribution is 6.43. The average molecular weight is 300 g/mol. The maximum atomic E-state index is 12.2. The molecule has 1 heterocycles. The maximum absolute atomic E-state index is 12.2. The average Bonchev–Trinajstić information content (AvgIpc) is 3.32. The Balaban J connectivity index is 1.73. The van der Waals surface area contributed by atoms with Gasteiger partial charge in [0.1, 0.15) is 5.71 Å². The molecule has 22 heavy (non-hydrogen) atoms. The van der Waals surface area contributed by atoms with Crippen LogP contribution in [0.2, 0.25) is 0 Å². The van der Waals surface area contributed by atoms with Crippen LogP contribution in [-0.2, 0) is 9.59 Å². The number of hydrazone groups is 1. The van der Waals surface area contributed by atoms with Gasteiger partial charge in [0.05, 0.1) is 11.3 Å². The summed E-state index contributed by atoms with van der Waals surface area (Å²) in [5, 5.41) is 9.32.